The van der Waals surface area contributed by atoms with Gasteiger partial charge in [0.05, 0.1) is 6.10 Å². The maximum absolute atomic E-state index is 5.56. The van der Waals surface area contributed by atoms with Crippen molar-refractivity contribution in [2.75, 3.05) is 13.2 Å². The van der Waals surface area contributed by atoms with Gasteiger partial charge in [-0.15, -0.1) is 0 Å². The Hall–Kier alpha value is -1.13. The molecule has 1 saturated heterocycles. The first kappa shape index (κ1) is 13.3. The predicted molar refractivity (Wildman–Crippen MR) is 77.5 cm³/mol. The molecule has 0 amide bonds. The third-order valence-corrected chi connectivity index (χ3v) is 3.36. The molecule has 98 valence electrons. The van der Waals surface area contributed by atoms with E-state index in [0.29, 0.717) is 6.10 Å². The highest BCUT2D eigenvalue weighted by atomic mass is 32.1. The first-order valence-corrected chi connectivity index (χ1v) is 6.92. The molecular formula is C14H20N2OS. The van der Waals surface area contributed by atoms with Crippen molar-refractivity contribution in [3.63, 3.8) is 0 Å². The minimum absolute atomic E-state index is 0.425. The van der Waals surface area contributed by atoms with E-state index in [2.05, 4.69) is 22.8 Å². The van der Waals surface area contributed by atoms with Gasteiger partial charge in [-0.2, -0.15) is 0 Å². The Kier molecular flexibility index (Phi) is 5.42. The third kappa shape index (κ3) is 4.63. The third-order valence-electron chi connectivity index (χ3n) is 3.07. The Bertz CT molecular complexity index is 363. The van der Waals surface area contributed by atoms with Crippen LogP contribution in [0.4, 0.5) is 0 Å². The number of ether oxygens (including phenoxy) is 1. The lowest BCUT2D eigenvalue weighted by atomic mass is 10.2. The van der Waals surface area contributed by atoms with Gasteiger partial charge in [-0.1, -0.05) is 30.3 Å². The Labute approximate surface area is 114 Å². The van der Waals surface area contributed by atoms with Gasteiger partial charge in [-0.05, 0) is 37.0 Å². The van der Waals surface area contributed by atoms with E-state index in [1.54, 1.807) is 0 Å². The fraction of sp³-hybridized carbons (Fsp3) is 0.500. The van der Waals surface area contributed by atoms with Gasteiger partial charge in [-0.3, -0.25) is 0 Å². The Morgan fingerprint density at radius 2 is 2.11 bits per heavy atom. The summed E-state index contributed by atoms with van der Waals surface area (Å²) in [5.74, 6) is 0. The highest BCUT2D eigenvalue weighted by Crippen LogP contribution is 2.14. The van der Waals surface area contributed by atoms with Crippen LogP contribution in [0.15, 0.2) is 30.3 Å². The number of thiocarbonyl (C=S) groups is 1. The van der Waals surface area contributed by atoms with Crippen LogP contribution in [0.5, 0.6) is 0 Å². The van der Waals surface area contributed by atoms with Crippen LogP contribution in [-0.4, -0.2) is 24.4 Å². The van der Waals surface area contributed by atoms with E-state index in [1.807, 2.05) is 18.2 Å². The minimum Gasteiger partial charge on any atom is -0.378 e. The van der Waals surface area contributed by atoms with E-state index in [4.69, 9.17) is 17.0 Å². The van der Waals surface area contributed by atoms with Crippen molar-refractivity contribution in [2.24, 2.45) is 0 Å². The summed E-state index contributed by atoms with van der Waals surface area (Å²) in [5.41, 5.74) is 1.24. The molecule has 1 aliphatic rings. The van der Waals surface area contributed by atoms with E-state index in [9.17, 15) is 0 Å². The summed E-state index contributed by atoms with van der Waals surface area (Å²) in [6.07, 6.45) is 3.84. The monoisotopic (exact) mass is 264 g/mol. The molecule has 3 nitrogen and oxygen atoms in total. The van der Waals surface area contributed by atoms with Crippen molar-refractivity contribution in [1.82, 2.24) is 10.6 Å². The van der Waals surface area contributed by atoms with Crippen molar-refractivity contribution in [1.29, 1.82) is 0 Å². The molecule has 18 heavy (non-hydrogen) atoms. The Morgan fingerprint density at radius 1 is 1.28 bits per heavy atom. The van der Waals surface area contributed by atoms with E-state index < -0.39 is 0 Å². The van der Waals surface area contributed by atoms with Gasteiger partial charge in [0, 0.05) is 19.7 Å². The van der Waals surface area contributed by atoms with Gasteiger partial charge in [0.15, 0.2) is 5.11 Å². The number of hydrogen-bond donors (Lipinski definition) is 2. The van der Waals surface area contributed by atoms with Crippen molar-refractivity contribution in [3.05, 3.63) is 35.9 Å². The van der Waals surface area contributed by atoms with Crippen LogP contribution in [0.1, 0.15) is 24.8 Å². The molecule has 1 aromatic rings. The van der Waals surface area contributed by atoms with Gasteiger partial charge in [0.2, 0.25) is 0 Å². The number of hydrogen-bond acceptors (Lipinski definition) is 2. The average Bonchev–Trinajstić information content (AvgIpc) is 2.91. The lowest BCUT2D eigenvalue weighted by Gasteiger charge is -2.13. The SMILES string of the molecule is S=C(NCCC1CCCO1)NCc1ccccc1. The second kappa shape index (κ2) is 7.34. The molecule has 0 aliphatic carbocycles. The quantitative estimate of drug-likeness (QED) is 0.799. The normalized spacial score (nSPS) is 18.6. The van der Waals surface area contributed by atoms with Crippen molar-refractivity contribution in [2.45, 2.75) is 31.9 Å². The van der Waals surface area contributed by atoms with E-state index in [-0.39, 0.29) is 0 Å². The van der Waals surface area contributed by atoms with E-state index >= 15 is 0 Å². The summed E-state index contributed by atoms with van der Waals surface area (Å²) >= 11 is 5.23. The zero-order valence-corrected chi connectivity index (χ0v) is 11.3. The van der Waals surface area contributed by atoms with Gasteiger partial charge in [0.1, 0.15) is 0 Å². The number of benzene rings is 1. The largest absolute Gasteiger partial charge is 0.378 e. The van der Waals surface area contributed by atoms with Gasteiger partial charge in [-0.25, -0.2) is 0 Å². The Morgan fingerprint density at radius 3 is 2.83 bits per heavy atom. The molecule has 2 N–H and O–H groups in total. The summed E-state index contributed by atoms with van der Waals surface area (Å²) in [6.45, 7) is 2.57. The molecule has 1 aromatic carbocycles. The van der Waals surface area contributed by atoms with Crippen molar-refractivity contribution < 1.29 is 4.74 Å². The highest BCUT2D eigenvalue weighted by molar-refractivity contribution is 7.80. The second-order valence-corrected chi connectivity index (χ2v) is 4.93. The molecule has 0 aromatic heterocycles. The zero-order chi connectivity index (χ0) is 12.6. The fourth-order valence-corrected chi connectivity index (χ4v) is 2.23. The first-order valence-electron chi connectivity index (χ1n) is 6.52. The van der Waals surface area contributed by atoms with Crippen LogP contribution in [0.25, 0.3) is 0 Å². The summed E-state index contributed by atoms with van der Waals surface area (Å²) in [6, 6.07) is 10.3. The van der Waals surface area contributed by atoms with E-state index in [1.165, 1.54) is 18.4 Å². The molecule has 1 aliphatic heterocycles. The lowest BCUT2D eigenvalue weighted by Crippen LogP contribution is -2.36. The van der Waals surface area contributed by atoms with Crippen LogP contribution in [0.2, 0.25) is 0 Å². The van der Waals surface area contributed by atoms with Crippen LogP contribution < -0.4 is 10.6 Å². The summed E-state index contributed by atoms with van der Waals surface area (Å²) in [5, 5.41) is 7.14. The Balaban J connectivity index is 1.57. The number of rotatable bonds is 5. The molecule has 0 bridgehead atoms. The molecule has 1 atom stereocenters. The van der Waals surface area contributed by atoms with Crippen molar-refractivity contribution >= 4 is 17.3 Å². The van der Waals surface area contributed by atoms with Gasteiger partial charge in [0.25, 0.3) is 0 Å². The molecule has 2 rings (SSSR count). The smallest absolute Gasteiger partial charge is 0.166 e. The summed E-state index contributed by atoms with van der Waals surface area (Å²) in [4.78, 5) is 0. The first-order chi connectivity index (χ1) is 8.84. The average molecular weight is 264 g/mol. The lowest BCUT2D eigenvalue weighted by molar-refractivity contribution is 0.105. The molecule has 0 saturated carbocycles. The maximum atomic E-state index is 5.56. The van der Waals surface area contributed by atoms with Crippen LogP contribution in [-0.2, 0) is 11.3 Å². The molecular weight excluding hydrogens is 244 g/mol. The van der Waals surface area contributed by atoms with Gasteiger partial charge < -0.3 is 15.4 Å². The standard InChI is InChI=1S/C14H20N2OS/c18-14(15-9-8-13-7-4-10-17-13)16-11-12-5-2-1-3-6-12/h1-3,5-6,13H,4,7-11H2,(H2,15,16,18). The molecule has 0 spiro atoms. The predicted octanol–water partition coefficient (Wildman–Crippen LogP) is 2.22. The van der Waals surface area contributed by atoms with Crippen LogP contribution >= 0.6 is 12.2 Å². The van der Waals surface area contributed by atoms with Crippen LogP contribution in [0, 0.1) is 0 Å². The highest BCUT2D eigenvalue weighted by Gasteiger charge is 2.14. The van der Waals surface area contributed by atoms with Gasteiger partial charge >= 0.3 is 0 Å². The fourth-order valence-electron chi connectivity index (χ4n) is 2.06. The molecule has 1 fully saturated rings. The summed E-state index contributed by atoms with van der Waals surface area (Å²) < 4.78 is 5.56. The molecule has 1 unspecified atom stereocenters. The maximum Gasteiger partial charge on any atom is 0.166 e. The topological polar surface area (TPSA) is 33.3 Å². The number of nitrogens with one attached hydrogen (secondary N) is 2. The minimum atomic E-state index is 0.425. The molecule has 0 radical (unpaired) electrons. The van der Waals surface area contributed by atoms with E-state index in [0.717, 1.165) is 31.2 Å². The molecule has 1 heterocycles. The van der Waals surface area contributed by atoms with Crippen molar-refractivity contribution in [3.8, 4) is 0 Å². The second-order valence-electron chi connectivity index (χ2n) is 4.52. The van der Waals surface area contributed by atoms with Crippen LogP contribution in [0.3, 0.4) is 0 Å². The zero-order valence-electron chi connectivity index (χ0n) is 10.5. The summed E-state index contributed by atoms with van der Waals surface area (Å²) in [7, 11) is 0. The molecule has 4 heteroatoms.